The second-order valence-corrected chi connectivity index (χ2v) is 3.84. The summed E-state index contributed by atoms with van der Waals surface area (Å²) in [7, 11) is 0. The summed E-state index contributed by atoms with van der Waals surface area (Å²) in [5.74, 6) is 0.731. The summed E-state index contributed by atoms with van der Waals surface area (Å²) in [6.07, 6.45) is 2.52. The third kappa shape index (κ3) is 1.04. The monoisotopic (exact) mass is 193 g/mol. The number of H-pyrrole nitrogens is 1. The van der Waals surface area contributed by atoms with E-state index in [0.717, 1.165) is 6.54 Å². The molecule has 2 saturated heterocycles. The van der Waals surface area contributed by atoms with Gasteiger partial charge in [0.2, 0.25) is 5.82 Å². The van der Waals surface area contributed by atoms with Crippen molar-refractivity contribution in [3.05, 3.63) is 12.2 Å². The Balaban J connectivity index is 1.66. The smallest absolute Gasteiger partial charge is 0.288 e. The highest BCUT2D eigenvalue weighted by molar-refractivity contribution is 5.90. The highest BCUT2D eigenvalue weighted by Gasteiger charge is 2.47. The van der Waals surface area contributed by atoms with Gasteiger partial charge in [-0.25, -0.2) is 4.98 Å². The van der Waals surface area contributed by atoms with Crippen molar-refractivity contribution in [1.82, 2.24) is 25.8 Å². The molecule has 0 aromatic carbocycles. The maximum atomic E-state index is 11.6. The van der Waals surface area contributed by atoms with Gasteiger partial charge in [-0.15, -0.1) is 0 Å². The Kier molecular flexibility index (Phi) is 1.57. The van der Waals surface area contributed by atoms with Crippen molar-refractivity contribution < 1.29 is 4.79 Å². The minimum absolute atomic E-state index is 0.161. The fraction of sp³-hybridized carbons (Fsp3) is 0.625. The van der Waals surface area contributed by atoms with Crippen molar-refractivity contribution in [3.8, 4) is 0 Å². The standard InChI is InChI=1S/C8H11N5O/c14-8(7-10-3-11-13-7)12-6-4-1-5(6)9-2-4/h3-6,9H,1-2H2,(H,12,14)(H,10,11,13). The number of carbonyl (C=O) groups excluding carboxylic acids is 1. The number of fused-ring (bicyclic) bond motifs is 1. The van der Waals surface area contributed by atoms with Crippen LogP contribution in [0.4, 0.5) is 0 Å². The molecule has 74 valence electrons. The van der Waals surface area contributed by atoms with Crippen LogP contribution in [-0.4, -0.2) is 39.7 Å². The van der Waals surface area contributed by atoms with Crippen molar-refractivity contribution in [2.24, 2.45) is 5.92 Å². The predicted molar refractivity (Wildman–Crippen MR) is 47.5 cm³/mol. The number of rotatable bonds is 2. The molecule has 3 atom stereocenters. The summed E-state index contributed by atoms with van der Waals surface area (Å²) in [5, 5.41) is 12.5. The number of nitrogens with zero attached hydrogens (tertiary/aromatic N) is 2. The van der Waals surface area contributed by atoms with Gasteiger partial charge in [0.05, 0.1) is 0 Å². The van der Waals surface area contributed by atoms with Crippen molar-refractivity contribution in [2.75, 3.05) is 6.54 Å². The zero-order valence-electron chi connectivity index (χ0n) is 7.53. The molecule has 6 nitrogen and oxygen atoms in total. The van der Waals surface area contributed by atoms with Gasteiger partial charge in [0.25, 0.3) is 5.91 Å². The number of hydrogen-bond acceptors (Lipinski definition) is 4. The van der Waals surface area contributed by atoms with Crippen LogP contribution in [0.3, 0.4) is 0 Å². The second kappa shape index (κ2) is 2.78. The molecule has 3 unspecified atom stereocenters. The van der Waals surface area contributed by atoms with Gasteiger partial charge < -0.3 is 10.6 Å². The lowest BCUT2D eigenvalue weighted by Crippen LogP contribution is -2.54. The van der Waals surface area contributed by atoms with Gasteiger partial charge in [-0.2, -0.15) is 5.10 Å². The molecule has 2 bridgehead atoms. The molecule has 3 N–H and O–H groups in total. The van der Waals surface area contributed by atoms with Crippen LogP contribution in [-0.2, 0) is 0 Å². The lowest BCUT2D eigenvalue weighted by atomic mass is 9.80. The Morgan fingerprint density at radius 3 is 3.14 bits per heavy atom. The van der Waals surface area contributed by atoms with Gasteiger partial charge in [-0.1, -0.05) is 0 Å². The van der Waals surface area contributed by atoms with Crippen LogP contribution >= 0.6 is 0 Å². The van der Waals surface area contributed by atoms with Crippen LogP contribution in [0.15, 0.2) is 6.33 Å². The highest BCUT2D eigenvalue weighted by atomic mass is 16.2. The van der Waals surface area contributed by atoms with Gasteiger partial charge in [0.1, 0.15) is 6.33 Å². The Bertz CT molecular complexity index is 335. The summed E-state index contributed by atoms with van der Waals surface area (Å²) in [4.78, 5) is 15.4. The van der Waals surface area contributed by atoms with Gasteiger partial charge >= 0.3 is 0 Å². The lowest BCUT2D eigenvalue weighted by Gasteiger charge is -2.34. The van der Waals surface area contributed by atoms with Crippen molar-refractivity contribution in [3.63, 3.8) is 0 Å². The molecule has 1 saturated carbocycles. The van der Waals surface area contributed by atoms with Gasteiger partial charge in [0, 0.05) is 18.6 Å². The van der Waals surface area contributed by atoms with Crippen LogP contribution < -0.4 is 10.6 Å². The molecule has 0 radical (unpaired) electrons. The normalized spacial score (nSPS) is 33.9. The van der Waals surface area contributed by atoms with Crippen LogP contribution in [0, 0.1) is 5.92 Å². The Morgan fingerprint density at radius 1 is 1.64 bits per heavy atom. The molecule has 6 heteroatoms. The fourth-order valence-corrected chi connectivity index (χ4v) is 2.23. The van der Waals surface area contributed by atoms with E-state index in [-0.39, 0.29) is 17.8 Å². The van der Waals surface area contributed by atoms with Crippen LogP contribution in [0.5, 0.6) is 0 Å². The predicted octanol–water partition coefficient (Wildman–Crippen LogP) is -1.11. The highest BCUT2D eigenvalue weighted by Crippen LogP contribution is 2.33. The number of aromatic nitrogens is 3. The first-order valence-electron chi connectivity index (χ1n) is 4.74. The van der Waals surface area contributed by atoms with Gasteiger partial charge in [-0.05, 0) is 12.3 Å². The third-order valence-corrected chi connectivity index (χ3v) is 3.07. The van der Waals surface area contributed by atoms with E-state index >= 15 is 0 Å². The van der Waals surface area contributed by atoms with E-state index in [1.54, 1.807) is 0 Å². The number of aromatic amines is 1. The Hall–Kier alpha value is -1.43. The van der Waals surface area contributed by atoms with Crippen molar-refractivity contribution in [2.45, 2.75) is 18.5 Å². The molecule has 1 aromatic heterocycles. The quantitative estimate of drug-likeness (QED) is 0.556. The second-order valence-electron chi connectivity index (χ2n) is 3.84. The fourth-order valence-electron chi connectivity index (χ4n) is 2.23. The van der Waals surface area contributed by atoms with Crippen LogP contribution in [0.25, 0.3) is 0 Å². The summed E-state index contributed by atoms with van der Waals surface area (Å²) in [6, 6.07) is 0.750. The molecule has 3 heterocycles. The summed E-state index contributed by atoms with van der Waals surface area (Å²) in [5.41, 5.74) is 0. The van der Waals surface area contributed by atoms with E-state index in [1.165, 1.54) is 12.7 Å². The largest absolute Gasteiger partial charge is 0.345 e. The molecule has 3 aliphatic rings. The lowest BCUT2D eigenvalue weighted by molar-refractivity contribution is 0.0881. The van der Waals surface area contributed by atoms with E-state index in [9.17, 15) is 4.79 Å². The molecule has 2 aliphatic heterocycles. The number of amides is 1. The maximum absolute atomic E-state index is 11.6. The first-order valence-corrected chi connectivity index (χ1v) is 4.74. The van der Waals surface area contributed by atoms with Crippen molar-refractivity contribution >= 4 is 5.91 Å². The first-order chi connectivity index (χ1) is 6.84. The Labute approximate surface area is 80.5 Å². The van der Waals surface area contributed by atoms with E-state index in [1.807, 2.05) is 0 Å². The Morgan fingerprint density at radius 2 is 2.57 bits per heavy atom. The molecule has 0 spiro atoms. The van der Waals surface area contributed by atoms with Crippen LogP contribution in [0.2, 0.25) is 0 Å². The zero-order chi connectivity index (χ0) is 9.54. The maximum Gasteiger partial charge on any atom is 0.288 e. The van der Waals surface area contributed by atoms with E-state index < -0.39 is 0 Å². The van der Waals surface area contributed by atoms with E-state index in [0.29, 0.717) is 12.0 Å². The van der Waals surface area contributed by atoms with Crippen LogP contribution in [0.1, 0.15) is 17.0 Å². The number of carbonyl (C=O) groups is 1. The first kappa shape index (κ1) is 7.93. The minimum Gasteiger partial charge on any atom is -0.345 e. The number of nitrogens with one attached hydrogen (secondary N) is 3. The molecular weight excluding hydrogens is 182 g/mol. The average molecular weight is 193 g/mol. The van der Waals surface area contributed by atoms with Gasteiger partial charge in [0.15, 0.2) is 0 Å². The van der Waals surface area contributed by atoms with Gasteiger partial charge in [-0.3, -0.25) is 9.89 Å². The molecule has 1 aliphatic carbocycles. The summed E-state index contributed by atoms with van der Waals surface area (Å²) in [6.45, 7) is 1.02. The third-order valence-electron chi connectivity index (χ3n) is 3.07. The summed E-state index contributed by atoms with van der Waals surface area (Å²) >= 11 is 0. The average Bonchev–Trinajstić information content (AvgIpc) is 2.85. The SMILES string of the molecule is O=C(NC1C2CNC1C2)c1ncn[nH]1. The van der Waals surface area contributed by atoms with Crippen molar-refractivity contribution in [1.29, 1.82) is 0 Å². The topological polar surface area (TPSA) is 82.7 Å². The molecular formula is C8H11N5O. The number of hydrogen-bond donors (Lipinski definition) is 3. The molecule has 1 aromatic rings. The molecule has 1 amide bonds. The molecule has 3 fully saturated rings. The molecule has 4 rings (SSSR count). The van der Waals surface area contributed by atoms with E-state index in [2.05, 4.69) is 25.8 Å². The zero-order valence-corrected chi connectivity index (χ0v) is 7.53. The van der Waals surface area contributed by atoms with E-state index in [4.69, 9.17) is 0 Å². The minimum atomic E-state index is -0.161. The summed E-state index contributed by atoms with van der Waals surface area (Å²) < 4.78 is 0. The molecule has 14 heavy (non-hydrogen) atoms.